The Morgan fingerprint density at radius 1 is 1.19 bits per heavy atom. The molecule has 1 aromatic heterocycles. The molecule has 0 aliphatic rings. The van der Waals surface area contributed by atoms with Crippen molar-refractivity contribution in [3.63, 3.8) is 0 Å². The van der Waals surface area contributed by atoms with Gasteiger partial charge in [-0.25, -0.2) is 0 Å². The van der Waals surface area contributed by atoms with Crippen LogP contribution in [0, 0.1) is 0 Å². The number of halogens is 1. The minimum Gasteiger partial charge on any atom is -0.467 e. The molecule has 7 heteroatoms. The summed E-state index contributed by atoms with van der Waals surface area (Å²) in [5.41, 5.74) is 0. The fourth-order valence-corrected chi connectivity index (χ4v) is 1.13. The second-order valence-electron chi connectivity index (χ2n) is 2.97. The first-order valence-corrected chi connectivity index (χ1v) is 5.43. The quantitative estimate of drug-likeness (QED) is 0.722. The van der Waals surface area contributed by atoms with E-state index in [0.29, 0.717) is 6.61 Å². The third-order valence-electron chi connectivity index (χ3n) is 1.69. The van der Waals surface area contributed by atoms with Gasteiger partial charge in [0.05, 0.1) is 7.11 Å². The highest BCUT2D eigenvalue weighted by Crippen LogP contribution is 2.11. The van der Waals surface area contributed by atoms with Crippen LogP contribution in [0.1, 0.15) is 13.3 Å². The zero-order chi connectivity index (χ0) is 11.8. The predicted octanol–water partition coefficient (Wildman–Crippen LogP) is 0.912. The molecule has 0 unspecified atom stereocenters. The third-order valence-corrected chi connectivity index (χ3v) is 1.86. The van der Waals surface area contributed by atoms with Crippen molar-refractivity contribution in [3.05, 3.63) is 5.28 Å². The van der Waals surface area contributed by atoms with Crippen molar-refractivity contribution in [2.45, 2.75) is 13.3 Å². The van der Waals surface area contributed by atoms with Crippen LogP contribution >= 0.6 is 11.6 Å². The molecule has 0 atom stereocenters. The van der Waals surface area contributed by atoms with Crippen LogP contribution in [-0.2, 0) is 0 Å². The molecule has 0 fully saturated rings. The van der Waals surface area contributed by atoms with Crippen LogP contribution in [0.4, 0.5) is 0 Å². The van der Waals surface area contributed by atoms with Gasteiger partial charge < -0.3 is 14.8 Å². The normalized spacial score (nSPS) is 10.2. The van der Waals surface area contributed by atoms with Crippen LogP contribution in [0.2, 0.25) is 5.28 Å². The van der Waals surface area contributed by atoms with Gasteiger partial charge in [-0.2, -0.15) is 9.97 Å². The molecule has 1 heterocycles. The maximum atomic E-state index is 5.65. The Balaban J connectivity index is 2.38. The fraction of sp³-hybridized carbons (Fsp3) is 0.667. The number of ether oxygens (including phenoxy) is 2. The lowest BCUT2D eigenvalue weighted by molar-refractivity contribution is 0.279. The van der Waals surface area contributed by atoms with Gasteiger partial charge in [0.15, 0.2) is 0 Å². The van der Waals surface area contributed by atoms with Crippen LogP contribution < -0.4 is 14.8 Å². The molecule has 0 saturated heterocycles. The summed E-state index contributed by atoms with van der Waals surface area (Å²) in [7, 11) is 1.46. The number of aromatic nitrogens is 3. The first kappa shape index (κ1) is 12.9. The fourth-order valence-electron chi connectivity index (χ4n) is 0.987. The zero-order valence-corrected chi connectivity index (χ0v) is 10.1. The molecule has 16 heavy (non-hydrogen) atoms. The Morgan fingerprint density at radius 2 is 1.94 bits per heavy atom. The van der Waals surface area contributed by atoms with Gasteiger partial charge in [0.1, 0.15) is 6.61 Å². The number of nitrogens with one attached hydrogen (secondary N) is 1. The Hall–Kier alpha value is -1.14. The minimum atomic E-state index is 0.0587. The van der Waals surface area contributed by atoms with E-state index >= 15 is 0 Å². The lowest BCUT2D eigenvalue weighted by Gasteiger charge is -2.06. The second kappa shape index (κ2) is 7.19. The number of rotatable bonds is 7. The SMILES string of the molecule is CCCNCCOc1nc(Cl)nc(OC)n1. The molecule has 0 bridgehead atoms. The number of hydrogen-bond donors (Lipinski definition) is 1. The van der Waals surface area contributed by atoms with Gasteiger partial charge in [0.25, 0.3) is 0 Å². The van der Waals surface area contributed by atoms with Crippen molar-refractivity contribution in [1.82, 2.24) is 20.3 Å². The average molecular weight is 247 g/mol. The molecule has 0 saturated carbocycles. The first-order chi connectivity index (χ1) is 7.76. The van der Waals surface area contributed by atoms with Crippen LogP contribution in [0.25, 0.3) is 0 Å². The molecule has 1 N–H and O–H groups in total. The summed E-state index contributed by atoms with van der Waals surface area (Å²) < 4.78 is 10.1. The monoisotopic (exact) mass is 246 g/mol. The van der Waals surface area contributed by atoms with Crippen LogP contribution in [-0.4, -0.2) is 41.8 Å². The maximum Gasteiger partial charge on any atom is 0.323 e. The van der Waals surface area contributed by atoms with E-state index in [9.17, 15) is 0 Å². The lowest BCUT2D eigenvalue weighted by atomic mass is 10.5. The van der Waals surface area contributed by atoms with Crippen molar-refractivity contribution in [3.8, 4) is 12.0 Å². The molecule has 0 aliphatic heterocycles. The summed E-state index contributed by atoms with van der Waals surface area (Å²) >= 11 is 5.65. The van der Waals surface area contributed by atoms with Gasteiger partial charge >= 0.3 is 12.0 Å². The molecule has 90 valence electrons. The third kappa shape index (κ3) is 4.59. The Labute approximate surface area is 99.4 Å². The highest BCUT2D eigenvalue weighted by molar-refractivity contribution is 6.28. The second-order valence-corrected chi connectivity index (χ2v) is 3.31. The maximum absolute atomic E-state index is 5.65. The average Bonchev–Trinajstić information content (AvgIpc) is 2.28. The van der Waals surface area contributed by atoms with E-state index in [4.69, 9.17) is 21.1 Å². The summed E-state index contributed by atoms with van der Waals surface area (Å²) in [6.07, 6.45) is 1.09. The Kier molecular flexibility index (Phi) is 5.81. The topological polar surface area (TPSA) is 69.2 Å². The molecule has 1 aromatic rings. The van der Waals surface area contributed by atoms with Crippen LogP contribution in [0.5, 0.6) is 12.0 Å². The van der Waals surface area contributed by atoms with Crippen molar-refractivity contribution < 1.29 is 9.47 Å². The van der Waals surface area contributed by atoms with Crippen molar-refractivity contribution in [2.24, 2.45) is 0 Å². The smallest absolute Gasteiger partial charge is 0.323 e. The van der Waals surface area contributed by atoms with Gasteiger partial charge in [-0.3, -0.25) is 0 Å². The standard InChI is InChI=1S/C9H15ClN4O2/c1-3-4-11-5-6-16-9-13-7(10)12-8(14-9)15-2/h11H,3-6H2,1-2H3. The zero-order valence-electron chi connectivity index (χ0n) is 9.36. The number of methoxy groups -OCH3 is 1. The largest absolute Gasteiger partial charge is 0.467 e. The van der Waals surface area contributed by atoms with Crippen molar-refractivity contribution >= 4 is 11.6 Å². The predicted molar refractivity (Wildman–Crippen MR) is 60.0 cm³/mol. The van der Waals surface area contributed by atoms with Gasteiger partial charge in [-0.1, -0.05) is 6.92 Å². The van der Waals surface area contributed by atoms with E-state index in [2.05, 4.69) is 27.2 Å². The van der Waals surface area contributed by atoms with Crippen molar-refractivity contribution in [1.29, 1.82) is 0 Å². The summed E-state index contributed by atoms with van der Waals surface area (Å²) in [4.78, 5) is 11.4. The molecular weight excluding hydrogens is 232 g/mol. The number of nitrogens with zero attached hydrogens (tertiary/aromatic N) is 3. The lowest BCUT2D eigenvalue weighted by Crippen LogP contribution is -2.22. The molecule has 0 amide bonds. The highest BCUT2D eigenvalue weighted by atomic mass is 35.5. The van der Waals surface area contributed by atoms with Gasteiger partial charge in [0.2, 0.25) is 5.28 Å². The molecule has 0 aromatic carbocycles. The summed E-state index contributed by atoms with van der Waals surface area (Å²) in [5.74, 6) is 0. The molecule has 0 aliphatic carbocycles. The molecule has 0 radical (unpaired) electrons. The summed E-state index contributed by atoms with van der Waals surface area (Å²) in [5, 5.41) is 3.25. The molecule has 6 nitrogen and oxygen atoms in total. The Morgan fingerprint density at radius 3 is 2.62 bits per heavy atom. The minimum absolute atomic E-state index is 0.0587. The molecule has 1 rings (SSSR count). The van der Waals surface area contributed by atoms with Crippen molar-refractivity contribution in [2.75, 3.05) is 26.8 Å². The van der Waals surface area contributed by atoms with Gasteiger partial charge in [-0.05, 0) is 24.6 Å². The van der Waals surface area contributed by atoms with Gasteiger partial charge in [0, 0.05) is 6.54 Å². The van der Waals surface area contributed by atoms with E-state index < -0.39 is 0 Å². The highest BCUT2D eigenvalue weighted by Gasteiger charge is 2.05. The first-order valence-electron chi connectivity index (χ1n) is 5.05. The molecule has 0 spiro atoms. The van der Waals surface area contributed by atoms with E-state index in [1.165, 1.54) is 7.11 Å². The number of hydrogen-bond acceptors (Lipinski definition) is 6. The Bertz CT molecular complexity index is 324. The van der Waals surface area contributed by atoms with E-state index in [1.54, 1.807) is 0 Å². The van der Waals surface area contributed by atoms with Crippen LogP contribution in [0.3, 0.4) is 0 Å². The molecular formula is C9H15ClN4O2. The van der Waals surface area contributed by atoms with Gasteiger partial charge in [-0.15, -0.1) is 4.98 Å². The van der Waals surface area contributed by atoms with E-state index in [0.717, 1.165) is 19.5 Å². The van der Waals surface area contributed by atoms with E-state index in [1.807, 2.05) is 0 Å². The van der Waals surface area contributed by atoms with Crippen LogP contribution in [0.15, 0.2) is 0 Å². The summed E-state index contributed by atoms with van der Waals surface area (Å²) in [6.45, 7) is 4.28. The van der Waals surface area contributed by atoms with E-state index in [-0.39, 0.29) is 17.3 Å². The summed E-state index contributed by atoms with van der Waals surface area (Å²) in [6, 6.07) is 0.326.